The highest BCUT2D eigenvalue weighted by Gasteiger charge is 2.14. The average molecular weight is 296 g/mol. The lowest BCUT2D eigenvalue weighted by molar-refractivity contribution is 0.594. The van der Waals surface area contributed by atoms with Crippen LogP contribution in [0.4, 0.5) is 5.69 Å². The lowest BCUT2D eigenvalue weighted by Gasteiger charge is -2.18. The molecule has 1 aromatic carbocycles. The first-order valence-corrected chi connectivity index (χ1v) is 9.07. The summed E-state index contributed by atoms with van der Waals surface area (Å²) in [4.78, 5) is 0.420. The highest BCUT2D eigenvalue weighted by Crippen LogP contribution is 2.18. The quantitative estimate of drug-likeness (QED) is 0.876. The van der Waals surface area contributed by atoms with Crippen LogP contribution >= 0.6 is 0 Å². The fourth-order valence-corrected chi connectivity index (χ4v) is 3.85. The number of nitrogens with one attached hydrogen (secondary N) is 2. The van der Waals surface area contributed by atoms with Gasteiger partial charge in [0, 0.05) is 18.3 Å². The predicted octanol–water partition coefficient (Wildman–Crippen LogP) is 2.42. The maximum Gasteiger partial charge on any atom is 0.178 e. The Balaban J connectivity index is 2.01. The van der Waals surface area contributed by atoms with Crippen LogP contribution in [0.5, 0.6) is 0 Å². The van der Waals surface area contributed by atoms with Gasteiger partial charge in [0.15, 0.2) is 9.84 Å². The molecule has 1 aliphatic heterocycles. The van der Waals surface area contributed by atoms with E-state index in [9.17, 15) is 8.42 Å². The van der Waals surface area contributed by atoms with Crippen molar-refractivity contribution in [1.82, 2.24) is 5.32 Å². The largest absolute Gasteiger partial charge is 0.381 e. The number of anilines is 1. The molecule has 1 fully saturated rings. The zero-order chi connectivity index (χ0) is 14.4. The van der Waals surface area contributed by atoms with Gasteiger partial charge in [-0.05, 0) is 50.1 Å². The van der Waals surface area contributed by atoms with E-state index in [-0.39, 0.29) is 5.75 Å². The molecule has 0 amide bonds. The molecular weight excluding hydrogens is 272 g/mol. The molecule has 2 rings (SSSR count). The SMILES string of the molecule is CCCS(=O)(=O)c1ccc(NC2CCCCNC2)cc1. The van der Waals surface area contributed by atoms with Crippen LogP contribution in [0.3, 0.4) is 0 Å². The van der Waals surface area contributed by atoms with E-state index in [0.717, 1.165) is 25.2 Å². The molecule has 2 N–H and O–H groups in total. The first kappa shape index (κ1) is 15.3. The monoisotopic (exact) mass is 296 g/mol. The second-order valence-electron chi connectivity index (χ2n) is 5.38. The van der Waals surface area contributed by atoms with Gasteiger partial charge < -0.3 is 10.6 Å². The molecule has 1 saturated heterocycles. The van der Waals surface area contributed by atoms with Gasteiger partial charge in [-0.25, -0.2) is 8.42 Å². The van der Waals surface area contributed by atoms with Crippen LogP contribution in [-0.4, -0.2) is 33.3 Å². The third-order valence-electron chi connectivity index (χ3n) is 3.60. The summed E-state index contributed by atoms with van der Waals surface area (Å²) >= 11 is 0. The number of sulfone groups is 1. The van der Waals surface area contributed by atoms with Crippen molar-refractivity contribution in [1.29, 1.82) is 0 Å². The lowest BCUT2D eigenvalue weighted by Crippen LogP contribution is -2.30. The summed E-state index contributed by atoms with van der Waals surface area (Å²) < 4.78 is 23.9. The van der Waals surface area contributed by atoms with Gasteiger partial charge in [-0.15, -0.1) is 0 Å². The second kappa shape index (κ2) is 7.09. The van der Waals surface area contributed by atoms with Gasteiger partial charge in [-0.2, -0.15) is 0 Å². The van der Waals surface area contributed by atoms with Crippen molar-refractivity contribution in [3.05, 3.63) is 24.3 Å². The standard InChI is InChI=1S/C15H24N2O2S/c1-2-11-20(18,19)15-8-6-13(7-9-15)17-14-5-3-4-10-16-12-14/h6-9,14,16-17H,2-5,10-12H2,1H3. The summed E-state index contributed by atoms with van der Waals surface area (Å²) in [5, 5.41) is 6.89. The Morgan fingerprint density at radius 2 is 2.00 bits per heavy atom. The Labute approximate surface area is 121 Å². The van der Waals surface area contributed by atoms with Crippen LogP contribution in [-0.2, 0) is 9.84 Å². The molecule has 1 aromatic rings. The summed E-state index contributed by atoms with van der Waals surface area (Å²) in [5.41, 5.74) is 0.995. The molecule has 1 atom stereocenters. The molecular formula is C15H24N2O2S. The first-order chi connectivity index (χ1) is 9.62. The number of benzene rings is 1. The number of rotatable bonds is 5. The molecule has 0 bridgehead atoms. The minimum atomic E-state index is -3.11. The number of hydrogen-bond donors (Lipinski definition) is 2. The molecule has 0 aliphatic carbocycles. The van der Waals surface area contributed by atoms with Crippen molar-refractivity contribution in [3.63, 3.8) is 0 Å². The Morgan fingerprint density at radius 1 is 1.25 bits per heavy atom. The summed E-state index contributed by atoms with van der Waals surface area (Å²) in [5.74, 6) is 0.215. The Morgan fingerprint density at radius 3 is 2.70 bits per heavy atom. The summed E-state index contributed by atoms with van der Waals surface area (Å²) in [7, 11) is -3.11. The molecule has 0 aromatic heterocycles. The zero-order valence-corrected chi connectivity index (χ0v) is 12.9. The molecule has 1 aliphatic rings. The molecule has 112 valence electrons. The minimum absolute atomic E-state index is 0.215. The van der Waals surface area contributed by atoms with Gasteiger partial charge in [0.2, 0.25) is 0 Å². The normalized spacial score (nSPS) is 20.4. The Hall–Kier alpha value is -1.07. The van der Waals surface area contributed by atoms with Gasteiger partial charge in [-0.3, -0.25) is 0 Å². The van der Waals surface area contributed by atoms with Gasteiger partial charge >= 0.3 is 0 Å². The van der Waals surface area contributed by atoms with Crippen LogP contribution in [0, 0.1) is 0 Å². The van der Waals surface area contributed by atoms with Crippen molar-refractivity contribution in [3.8, 4) is 0 Å². The molecule has 5 heteroatoms. The van der Waals surface area contributed by atoms with E-state index >= 15 is 0 Å². The van der Waals surface area contributed by atoms with Gasteiger partial charge in [-0.1, -0.05) is 13.3 Å². The molecule has 1 unspecified atom stereocenters. The van der Waals surface area contributed by atoms with E-state index in [1.54, 1.807) is 12.1 Å². The third-order valence-corrected chi connectivity index (χ3v) is 5.54. The summed E-state index contributed by atoms with van der Waals surface area (Å²) in [6, 6.07) is 7.58. The van der Waals surface area contributed by atoms with Crippen molar-refractivity contribution < 1.29 is 8.42 Å². The van der Waals surface area contributed by atoms with Gasteiger partial charge in [0.05, 0.1) is 10.6 Å². The Kier molecular flexibility index (Phi) is 5.43. The predicted molar refractivity (Wildman–Crippen MR) is 82.9 cm³/mol. The topological polar surface area (TPSA) is 58.2 Å². The van der Waals surface area contributed by atoms with Crippen molar-refractivity contribution in [2.24, 2.45) is 0 Å². The minimum Gasteiger partial charge on any atom is -0.381 e. The van der Waals surface area contributed by atoms with Crippen LogP contribution < -0.4 is 10.6 Å². The highest BCUT2D eigenvalue weighted by atomic mass is 32.2. The van der Waals surface area contributed by atoms with Gasteiger partial charge in [0.25, 0.3) is 0 Å². The van der Waals surface area contributed by atoms with Crippen LogP contribution in [0.1, 0.15) is 32.6 Å². The molecule has 0 saturated carbocycles. The molecule has 20 heavy (non-hydrogen) atoms. The molecule has 0 radical (unpaired) electrons. The Bertz CT molecular complexity index is 503. The smallest absolute Gasteiger partial charge is 0.178 e. The maximum atomic E-state index is 11.9. The average Bonchev–Trinajstić information content (AvgIpc) is 2.68. The fraction of sp³-hybridized carbons (Fsp3) is 0.600. The van der Waals surface area contributed by atoms with E-state index in [1.165, 1.54) is 12.8 Å². The third kappa shape index (κ3) is 4.21. The lowest BCUT2D eigenvalue weighted by atomic mass is 10.1. The van der Waals surface area contributed by atoms with E-state index in [1.807, 2.05) is 19.1 Å². The zero-order valence-electron chi connectivity index (χ0n) is 12.1. The van der Waals surface area contributed by atoms with Crippen LogP contribution in [0.15, 0.2) is 29.2 Å². The van der Waals surface area contributed by atoms with Gasteiger partial charge in [0.1, 0.15) is 0 Å². The fourth-order valence-electron chi connectivity index (χ4n) is 2.52. The maximum absolute atomic E-state index is 11.9. The molecule has 1 heterocycles. The second-order valence-corrected chi connectivity index (χ2v) is 7.49. The van der Waals surface area contributed by atoms with Crippen molar-refractivity contribution in [2.75, 3.05) is 24.2 Å². The summed E-state index contributed by atoms with van der Waals surface area (Å²) in [6.07, 6.45) is 4.26. The van der Waals surface area contributed by atoms with Crippen molar-refractivity contribution in [2.45, 2.75) is 43.5 Å². The first-order valence-electron chi connectivity index (χ1n) is 7.42. The van der Waals surface area contributed by atoms with Crippen LogP contribution in [0.2, 0.25) is 0 Å². The van der Waals surface area contributed by atoms with E-state index in [0.29, 0.717) is 17.4 Å². The summed E-state index contributed by atoms with van der Waals surface area (Å²) in [6.45, 7) is 3.94. The van der Waals surface area contributed by atoms with E-state index in [2.05, 4.69) is 10.6 Å². The van der Waals surface area contributed by atoms with E-state index < -0.39 is 9.84 Å². The van der Waals surface area contributed by atoms with E-state index in [4.69, 9.17) is 0 Å². The highest BCUT2D eigenvalue weighted by molar-refractivity contribution is 7.91. The molecule has 0 spiro atoms. The number of hydrogen-bond acceptors (Lipinski definition) is 4. The molecule has 4 nitrogen and oxygen atoms in total. The van der Waals surface area contributed by atoms with Crippen molar-refractivity contribution >= 4 is 15.5 Å². The van der Waals surface area contributed by atoms with Crippen LogP contribution in [0.25, 0.3) is 0 Å².